The molecule has 5 aliphatic rings. The van der Waals surface area contributed by atoms with E-state index < -0.39 is 17.7 Å². The molecule has 1 saturated carbocycles. The molecule has 3 amide bonds. The van der Waals surface area contributed by atoms with Crippen molar-refractivity contribution in [1.29, 1.82) is 5.26 Å². The number of rotatable bonds is 7. The largest absolute Gasteiger partial charge is 0.383 e. The maximum atomic E-state index is 15.9. The monoisotopic (exact) mass is 576 g/mol. The van der Waals surface area contributed by atoms with E-state index in [-0.39, 0.29) is 54.7 Å². The van der Waals surface area contributed by atoms with Gasteiger partial charge in [0.25, 0.3) is 0 Å². The summed E-state index contributed by atoms with van der Waals surface area (Å²) in [6.45, 7) is 3.63. The Morgan fingerprint density at radius 3 is 2.88 bits per heavy atom. The average Bonchev–Trinajstić information content (AvgIpc) is 2.97. The number of anilines is 3. The Morgan fingerprint density at radius 2 is 2.17 bits per heavy atom. The summed E-state index contributed by atoms with van der Waals surface area (Å²) in [5, 5.41) is 15.6. The average molecular weight is 577 g/mol. The third-order valence-electron chi connectivity index (χ3n) is 8.61. The van der Waals surface area contributed by atoms with Gasteiger partial charge in [-0.3, -0.25) is 24.7 Å². The Labute approximate surface area is 242 Å². The van der Waals surface area contributed by atoms with E-state index in [4.69, 9.17) is 4.74 Å². The maximum Gasteiger partial charge on any atom is 0.328 e. The minimum absolute atomic E-state index is 0.0675. The molecule has 2 aromatic heterocycles. The lowest BCUT2D eigenvalue weighted by molar-refractivity contribution is -0.136. The minimum Gasteiger partial charge on any atom is -0.383 e. The van der Waals surface area contributed by atoms with E-state index in [1.165, 1.54) is 11.1 Å². The first-order valence-electron chi connectivity index (χ1n) is 14.2. The Balaban J connectivity index is 1.23. The van der Waals surface area contributed by atoms with Gasteiger partial charge in [0.15, 0.2) is 6.29 Å². The van der Waals surface area contributed by atoms with Crippen molar-refractivity contribution in [2.24, 2.45) is 5.92 Å². The third kappa shape index (κ3) is 5.28. The molecule has 0 aromatic carbocycles. The van der Waals surface area contributed by atoms with E-state index in [1.807, 2.05) is 11.9 Å². The molecule has 220 valence electrons. The van der Waals surface area contributed by atoms with Crippen LogP contribution in [-0.4, -0.2) is 90.5 Å². The number of nitrogens with one attached hydrogen (secondary N) is 2. The van der Waals surface area contributed by atoms with E-state index in [1.54, 1.807) is 17.0 Å². The lowest BCUT2D eigenvalue weighted by atomic mass is 9.68. The number of carbonyl (C=O) groups is 3. The van der Waals surface area contributed by atoms with Gasteiger partial charge in [0.2, 0.25) is 5.91 Å². The van der Waals surface area contributed by atoms with Crippen LogP contribution in [0, 0.1) is 17.2 Å². The van der Waals surface area contributed by atoms with Gasteiger partial charge in [-0.05, 0) is 31.9 Å². The van der Waals surface area contributed by atoms with Crippen molar-refractivity contribution in [3.05, 3.63) is 40.7 Å². The molecule has 2 saturated heterocycles. The quantitative estimate of drug-likeness (QED) is 0.476. The summed E-state index contributed by atoms with van der Waals surface area (Å²) in [6.07, 6.45) is 4.21. The number of aromatic nitrogens is 2. The van der Waals surface area contributed by atoms with E-state index in [0.717, 1.165) is 19.4 Å². The lowest BCUT2D eigenvalue weighted by Crippen LogP contribution is -2.60. The first-order chi connectivity index (χ1) is 20.3. The molecule has 13 heteroatoms. The van der Waals surface area contributed by atoms with Crippen molar-refractivity contribution in [3.63, 3.8) is 0 Å². The zero-order valence-corrected chi connectivity index (χ0v) is 23.4. The number of pyridine rings is 2. The summed E-state index contributed by atoms with van der Waals surface area (Å²) in [5.41, 5.74) is 0.00189. The fourth-order valence-electron chi connectivity index (χ4n) is 6.18. The number of likely N-dealkylation sites (N-methyl/N-ethyl adjacent to an activating group) is 1. The van der Waals surface area contributed by atoms with Crippen molar-refractivity contribution >= 4 is 35.5 Å². The predicted molar refractivity (Wildman–Crippen MR) is 151 cm³/mol. The van der Waals surface area contributed by atoms with Gasteiger partial charge in [0.05, 0.1) is 24.4 Å². The smallest absolute Gasteiger partial charge is 0.328 e. The molecule has 12 nitrogen and oxygen atoms in total. The van der Waals surface area contributed by atoms with Crippen LogP contribution in [0.15, 0.2) is 18.3 Å². The second kappa shape index (κ2) is 11.3. The molecule has 3 fully saturated rings. The molecular weight excluding hydrogens is 543 g/mol. The maximum absolute atomic E-state index is 15.9. The molecule has 7 rings (SSSR count). The zero-order chi connectivity index (χ0) is 29.4. The third-order valence-corrected chi connectivity index (χ3v) is 8.61. The van der Waals surface area contributed by atoms with Crippen LogP contribution in [0.3, 0.4) is 0 Å². The Morgan fingerprint density at radius 1 is 1.33 bits per heavy atom. The van der Waals surface area contributed by atoms with Crippen LogP contribution in [-0.2, 0) is 21.7 Å². The number of piperazine rings is 1. The van der Waals surface area contributed by atoms with Crippen LogP contribution in [0.4, 0.5) is 26.5 Å². The summed E-state index contributed by atoms with van der Waals surface area (Å²) in [7, 11) is 1.86. The first-order valence-corrected chi connectivity index (χ1v) is 14.2. The summed E-state index contributed by atoms with van der Waals surface area (Å²) in [4.78, 5) is 51.8. The van der Waals surface area contributed by atoms with E-state index >= 15 is 4.39 Å². The number of urea groups is 1. The van der Waals surface area contributed by atoms with Crippen molar-refractivity contribution in [2.45, 2.75) is 43.9 Å². The number of hydrogen-bond donors (Lipinski definition) is 2. The molecule has 0 radical (unpaired) electrons. The van der Waals surface area contributed by atoms with Crippen molar-refractivity contribution < 1.29 is 23.5 Å². The minimum atomic E-state index is -1.65. The second-order valence-corrected chi connectivity index (χ2v) is 11.6. The summed E-state index contributed by atoms with van der Waals surface area (Å²) >= 11 is 0. The Kier molecular flexibility index (Phi) is 7.51. The van der Waals surface area contributed by atoms with Crippen LogP contribution >= 0.6 is 0 Å². The SMILES string of the molecule is CN1CCN(Cc2cc3c(nc2C=O)N(C(=O)Nc2cc(NCC4CCCOC4)c(C#N)cn2)C2CC3(F)C2)C(=O)C1. The number of halogens is 1. The molecule has 0 spiro atoms. The van der Waals surface area contributed by atoms with Gasteiger partial charge in [-0.2, -0.15) is 5.26 Å². The molecule has 1 unspecified atom stereocenters. The molecule has 2 bridgehead atoms. The van der Waals surface area contributed by atoms with Crippen LogP contribution in [0.1, 0.15) is 52.9 Å². The number of alkyl halides is 1. The van der Waals surface area contributed by atoms with E-state index in [0.29, 0.717) is 55.3 Å². The van der Waals surface area contributed by atoms with Gasteiger partial charge >= 0.3 is 6.03 Å². The van der Waals surface area contributed by atoms with Crippen molar-refractivity contribution in [3.8, 4) is 6.07 Å². The number of hydrogen-bond acceptors (Lipinski definition) is 9. The topological polar surface area (TPSA) is 144 Å². The Hall–Kier alpha value is -4.15. The molecule has 4 aliphatic heterocycles. The molecule has 2 N–H and O–H groups in total. The first kappa shape index (κ1) is 28.0. The van der Waals surface area contributed by atoms with Gasteiger partial charge in [-0.1, -0.05) is 0 Å². The molecule has 2 aromatic rings. The molecule has 6 heterocycles. The van der Waals surface area contributed by atoms with E-state index in [2.05, 4.69) is 26.7 Å². The number of aldehydes is 1. The summed E-state index contributed by atoms with van der Waals surface area (Å²) in [6, 6.07) is 4.32. The van der Waals surface area contributed by atoms with Gasteiger partial charge in [-0.25, -0.2) is 19.2 Å². The van der Waals surface area contributed by atoms with Crippen molar-refractivity contribution in [2.75, 3.05) is 62.0 Å². The normalized spacial score (nSPS) is 25.2. The number of ether oxygens (including phenoxy) is 1. The molecular formula is C29H33FN8O4. The van der Waals surface area contributed by atoms with Crippen molar-refractivity contribution in [1.82, 2.24) is 19.8 Å². The second-order valence-electron chi connectivity index (χ2n) is 11.6. The summed E-state index contributed by atoms with van der Waals surface area (Å²) in [5.74, 6) is 0.560. The van der Waals surface area contributed by atoms with Gasteiger partial charge in [-0.15, -0.1) is 0 Å². The highest BCUT2D eigenvalue weighted by molar-refractivity contribution is 6.03. The summed E-state index contributed by atoms with van der Waals surface area (Å²) < 4.78 is 21.4. The van der Waals surface area contributed by atoms with Gasteiger partial charge in [0, 0.05) is 75.1 Å². The highest BCUT2D eigenvalue weighted by Gasteiger charge is 2.57. The number of amides is 3. The fourth-order valence-corrected chi connectivity index (χ4v) is 6.18. The predicted octanol–water partition coefficient (Wildman–Crippen LogP) is 2.65. The zero-order valence-electron chi connectivity index (χ0n) is 23.4. The lowest BCUT2D eigenvalue weighted by Gasteiger charge is -2.52. The molecule has 1 atom stereocenters. The fraction of sp³-hybridized carbons (Fsp3) is 0.517. The number of nitriles is 1. The van der Waals surface area contributed by atoms with E-state index in [9.17, 15) is 19.6 Å². The van der Waals surface area contributed by atoms with Gasteiger partial charge in [0.1, 0.15) is 29.1 Å². The number of carbonyl (C=O) groups excluding carboxylic acids is 3. The van der Waals surface area contributed by atoms with Crippen LogP contribution in [0.2, 0.25) is 0 Å². The molecule has 42 heavy (non-hydrogen) atoms. The highest BCUT2D eigenvalue weighted by atomic mass is 19.1. The molecule has 1 aliphatic carbocycles. The van der Waals surface area contributed by atoms with Crippen LogP contribution in [0.25, 0.3) is 0 Å². The van der Waals surface area contributed by atoms with Crippen LogP contribution < -0.4 is 15.5 Å². The Bertz CT molecular complexity index is 1450. The van der Waals surface area contributed by atoms with Crippen LogP contribution in [0.5, 0.6) is 0 Å². The number of nitrogens with zero attached hydrogens (tertiary/aromatic N) is 6. The van der Waals surface area contributed by atoms with Gasteiger partial charge < -0.3 is 15.0 Å². The standard InChI is InChI=1S/C29H33FN8O4/c1-36-4-5-37(26(40)15-36)14-19-7-22-27(34-24(19)16-39)38(21-9-29(22,30)10-21)28(41)35-25-8-23(20(11-31)13-33-25)32-12-18-3-2-6-42-17-18/h7-8,13,16,18,21H,2-6,9-10,12,14-15,17H2,1H3,(H2,32,33,35,41). The highest BCUT2D eigenvalue weighted by Crippen LogP contribution is 2.56.